The van der Waals surface area contributed by atoms with E-state index in [1.54, 1.807) is 36.9 Å². The summed E-state index contributed by atoms with van der Waals surface area (Å²) >= 11 is 0. The predicted octanol–water partition coefficient (Wildman–Crippen LogP) is 10.00. The van der Waals surface area contributed by atoms with Crippen molar-refractivity contribution in [2.24, 2.45) is 14.1 Å². The number of halogens is 8. The minimum atomic E-state index is -4.62. The number of hydrogen-bond donors (Lipinski definition) is 0. The highest BCUT2D eigenvalue weighted by Crippen LogP contribution is 2.46. The molecular formula is C58H62F8N10O4. The molecule has 0 bridgehead atoms. The van der Waals surface area contributed by atoms with Gasteiger partial charge in [0.15, 0.2) is 0 Å². The smallest absolute Gasteiger partial charge is 0.379 e. The van der Waals surface area contributed by atoms with Crippen molar-refractivity contribution in [2.75, 3.05) is 62.4 Å². The Labute approximate surface area is 457 Å². The Hall–Kier alpha value is -6.62. The summed E-state index contributed by atoms with van der Waals surface area (Å²) in [5, 5.41) is 16.3. The van der Waals surface area contributed by atoms with Crippen LogP contribution < -0.4 is 9.80 Å². The van der Waals surface area contributed by atoms with Crippen LogP contribution >= 0.6 is 0 Å². The first-order valence-corrected chi connectivity index (χ1v) is 27.0. The van der Waals surface area contributed by atoms with E-state index in [9.17, 15) is 44.7 Å². The van der Waals surface area contributed by atoms with E-state index in [0.717, 1.165) is 22.8 Å². The number of hydrogen-bond acceptors (Lipinski definition) is 10. The maximum atomic E-state index is 14.3. The number of ether oxygens (including phenoxy) is 2. The van der Waals surface area contributed by atoms with Gasteiger partial charge in [-0.15, -0.1) is 20.4 Å². The molecule has 4 fully saturated rings. The van der Waals surface area contributed by atoms with Gasteiger partial charge in [-0.3, -0.25) is 19.4 Å². The Morgan fingerprint density at radius 2 is 0.950 bits per heavy atom. The summed E-state index contributed by atoms with van der Waals surface area (Å²) in [7, 11) is 3.74. The third-order valence-corrected chi connectivity index (χ3v) is 17.4. The molecular weight excluding hydrogens is 1050 g/mol. The van der Waals surface area contributed by atoms with Gasteiger partial charge in [0.1, 0.15) is 36.6 Å². The van der Waals surface area contributed by atoms with Crippen molar-refractivity contribution in [3.8, 4) is 0 Å². The monoisotopic (exact) mass is 1110 g/mol. The van der Waals surface area contributed by atoms with Crippen molar-refractivity contribution in [1.29, 1.82) is 0 Å². The molecule has 2 atom stereocenters. The number of nitrogens with zero attached hydrogens (tertiary/aromatic N) is 10. The molecule has 6 aromatic rings. The van der Waals surface area contributed by atoms with Gasteiger partial charge in [0, 0.05) is 98.5 Å². The first-order chi connectivity index (χ1) is 38.1. The van der Waals surface area contributed by atoms with Crippen LogP contribution in [0.3, 0.4) is 0 Å². The molecule has 424 valence electrons. The zero-order chi connectivity index (χ0) is 56.5. The average molecular weight is 1120 g/mol. The summed E-state index contributed by atoms with van der Waals surface area (Å²) in [4.78, 5) is 34.1. The fraction of sp³-hybridized carbons (Fsp3) is 0.483. The zero-order valence-corrected chi connectivity index (χ0v) is 44.8. The topological polar surface area (TPSA) is 127 Å². The normalized spacial score (nSPS) is 20.4. The molecule has 12 rings (SSSR count). The van der Waals surface area contributed by atoms with E-state index in [-0.39, 0.29) is 58.3 Å². The number of rotatable bonds is 12. The van der Waals surface area contributed by atoms with Gasteiger partial charge in [-0.05, 0) is 121 Å². The number of aryl methyl sites for hydroxylation is 2. The number of benzene rings is 4. The number of aromatic nitrogens is 6. The van der Waals surface area contributed by atoms with E-state index in [1.165, 1.54) is 21.9 Å². The van der Waals surface area contributed by atoms with Crippen LogP contribution in [0.5, 0.6) is 0 Å². The van der Waals surface area contributed by atoms with E-state index < -0.39 is 47.6 Å². The zero-order valence-electron chi connectivity index (χ0n) is 44.8. The summed E-state index contributed by atoms with van der Waals surface area (Å²) in [5.41, 5.74) is 1.61. The number of alkyl halides is 8. The first-order valence-electron chi connectivity index (χ1n) is 27.0. The lowest BCUT2D eigenvalue weighted by Gasteiger charge is -2.42. The van der Waals surface area contributed by atoms with Gasteiger partial charge in [0.25, 0.3) is 11.8 Å². The van der Waals surface area contributed by atoms with Crippen molar-refractivity contribution >= 4 is 23.2 Å². The lowest BCUT2D eigenvalue weighted by atomic mass is 9.75. The number of likely N-dealkylation sites (tertiary alicyclic amines) is 2. The molecule has 6 aliphatic heterocycles. The Morgan fingerprint density at radius 1 is 0.575 bits per heavy atom. The van der Waals surface area contributed by atoms with Crippen LogP contribution in [0, 0.1) is 0 Å². The highest BCUT2D eigenvalue weighted by Gasteiger charge is 2.46. The van der Waals surface area contributed by atoms with Crippen LogP contribution in [0.15, 0.2) is 85.5 Å². The van der Waals surface area contributed by atoms with Gasteiger partial charge < -0.3 is 28.4 Å². The van der Waals surface area contributed by atoms with Crippen molar-refractivity contribution in [1.82, 2.24) is 39.3 Å². The molecule has 0 radical (unpaired) electrons. The summed E-state index contributed by atoms with van der Waals surface area (Å²) in [6.45, 7) is 7.04. The second kappa shape index (κ2) is 21.4. The van der Waals surface area contributed by atoms with Crippen LogP contribution in [-0.4, -0.2) is 116 Å². The molecule has 8 heterocycles. The molecule has 2 amide bonds. The van der Waals surface area contributed by atoms with Gasteiger partial charge in [0.2, 0.25) is 0 Å². The molecule has 2 aromatic heterocycles. The average Bonchev–Trinajstić information content (AvgIpc) is 4.22. The van der Waals surface area contributed by atoms with Crippen LogP contribution in [-0.2, 0) is 72.7 Å². The lowest BCUT2D eigenvalue weighted by molar-refractivity contribution is -0.139. The minimum Gasteiger partial charge on any atom is -0.379 e. The first kappa shape index (κ1) is 55.3. The third-order valence-electron chi connectivity index (χ3n) is 17.4. The van der Waals surface area contributed by atoms with Gasteiger partial charge in [-0.25, -0.2) is 8.78 Å². The number of fused-ring (bicyclic) bond motifs is 2. The number of carbonyl (C=O) groups excluding carboxylic acids is 2. The van der Waals surface area contributed by atoms with Crippen molar-refractivity contribution in [3.63, 3.8) is 0 Å². The van der Waals surface area contributed by atoms with Crippen LogP contribution in [0.4, 0.5) is 46.5 Å². The summed E-state index contributed by atoms with van der Waals surface area (Å²) < 4.78 is 128. The lowest BCUT2D eigenvalue weighted by Crippen LogP contribution is -2.49. The largest absolute Gasteiger partial charge is 0.416 e. The fourth-order valence-electron chi connectivity index (χ4n) is 12.2. The van der Waals surface area contributed by atoms with Crippen molar-refractivity contribution < 1.29 is 54.2 Å². The molecule has 0 unspecified atom stereocenters. The van der Waals surface area contributed by atoms with Gasteiger partial charge >= 0.3 is 12.4 Å². The highest BCUT2D eigenvalue weighted by atomic mass is 19.4. The number of piperidine rings is 2. The Bertz CT molecular complexity index is 3070. The molecule has 22 heteroatoms. The Balaban J connectivity index is 0.000000169. The number of anilines is 2. The highest BCUT2D eigenvalue weighted by molar-refractivity contribution is 6.11. The molecule has 4 saturated heterocycles. The molecule has 0 N–H and O–H groups in total. The standard InChI is InChI=1S/2C29H31F4N5O2/c2*1-18(37-8-6-21(30)7-9-37)19-10-23-24(25(11-19)29(31,32)33)14-38(27(23)39)22-5-3-4-20(12-22)28(15-40-16-28)13-26-35-34-17-36(26)2/h2*3-5,10-12,17-18,21H,6-9,13-16H2,1-2H3/t2*18-/m10/s1. The van der Waals surface area contributed by atoms with E-state index in [0.29, 0.717) is 114 Å². The number of amides is 2. The minimum absolute atomic E-state index is 0.0119. The van der Waals surface area contributed by atoms with E-state index >= 15 is 0 Å². The number of carbonyl (C=O) groups is 2. The van der Waals surface area contributed by atoms with E-state index in [2.05, 4.69) is 20.4 Å². The van der Waals surface area contributed by atoms with Crippen molar-refractivity contribution in [3.05, 3.63) is 153 Å². The second-order valence-corrected chi connectivity index (χ2v) is 22.5. The van der Waals surface area contributed by atoms with Gasteiger partial charge in [-0.2, -0.15) is 26.3 Å². The SMILES string of the molecule is C[C@@H](c1cc2c(c(C(F)(F)F)c1)CN(c1cccc(C3(Cc4nncn4C)COC3)c1)C2=O)N1CCC(F)CC1.C[C@H](c1cc2c(c(C(F)(F)F)c1)CN(c1cccc(C3(Cc4nncn4C)COC3)c1)C2=O)N1CCC(F)CC1. The Kier molecular flexibility index (Phi) is 14.8. The van der Waals surface area contributed by atoms with Gasteiger partial charge in [-0.1, -0.05) is 24.3 Å². The van der Waals surface area contributed by atoms with Gasteiger partial charge in [0.05, 0.1) is 50.6 Å². The third kappa shape index (κ3) is 10.5. The molecule has 0 spiro atoms. The Morgan fingerprint density at radius 3 is 1.26 bits per heavy atom. The summed E-state index contributed by atoms with van der Waals surface area (Å²) in [5.74, 6) is 0.680. The van der Waals surface area contributed by atoms with E-state index in [1.807, 2.05) is 83.3 Å². The molecule has 0 saturated carbocycles. The van der Waals surface area contributed by atoms with Crippen LogP contribution in [0.25, 0.3) is 0 Å². The predicted molar refractivity (Wildman–Crippen MR) is 279 cm³/mol. The molecule has 4 aromatic carbocycles. The summed E-state index contributed by atoms with van der Waals surface area (Å²) in [6, 6.07) is 19.6. The molecule has 6 aliphatic rings. The molecule has 0 aliphatic carbocycles. The summed E-state index contributed by atoms with van der Waals surface area (Å²) in [6.07, 6.45) is -5.15. The van der Waals surface area contributed by atoms with Crippen molar-refractivity contribution in [2.45, 2.75) is 113 Å². The van der Waals surface area contributed by atoms with E-state index in [4.69, 9.17) is 9.47 Å². The second-order valence-electron chi connectivity index (χ2n) is 22.5. The quantitative estimate of drug-likeness (QED) is 0.109. The maximum absolute atomic E-state index is 14.3. The van der Waals surface area contributed by atoms with Crippen LogP contribution in [0.1, 0.15) is 128 Å². The van der Waals surface area contributed by atoms with Crippen LogP contribution in [0.2, 0.25) is 0 Å². The molecule has 80 heavy (non-hydrogen) atoms. The maximum Gasteiger partial charge on any atom is 0.416 e. The molecule has 14 nitrogen and oxygen atoms in total. The fourth-order valence-corrected chi connectivity index (χ4v) is 12.2.